The monoisotopic (exact) mass is 372 g/mol. The number of hydrogen-bond donors (Lipinski definition) is 2. The maximum absolute atomic E-state index is 5.31. The van der Waals surface area contributed by atoms with Crippen LogP contribution in [0.2, 0.25) is 0 Å². The summed E-state index contributed by atoms with van der Waals surface area (Å²) in [5.41, 5.74) is 2.86. The molecule has 3 heterocycles. The maximum atomic E-state index is 5.31. The zero-order valence-electron chi connectivity index (χ0n) is 14.2. The van der Waals surface area contributed by atoms with Crippen molar-refractivity contribution < 1.29 is 0 Å². The van der Waals surface area contributed by atoms with E-state index in [0.717, 1.165) is 34.9 Å². The van der Waals surface area contributed by atoms with Crippen molar-refractivity contribution in [1.82, 2.24) is 25.3 Å². The number of hydrogen-bond acceptors (Lipinski definition) is 6. The molecule has 6 nitrogen and oxygen atoms in total. The molecule has 0 radical (unpaired) electrons. The third-order valence-corrected chi connectivity index (χ3v) is 4.62. The maximum Gasteiger partial charge on any atom is 0.180 e. The van der Waals surface area contributed by atoms with E-state index >= 15 is 0 Å². The number of aromatic nitrogens is 4. The van der Waals surface area contributed by atoms with E-state index in [1.165, 1.54) is 12.8 Å². The number of nitrogens with zero attached hydrogens (tertiary/aromatic N) is 4. The lowest BCUT2D eigenvalue weighted by Gasteiger charge is -2.10. The molecule has 0 amide bonds. The Morgan fingerprint density at radius 1 is 1.16 bits per heavy atom. The second-order valence-electron chi connectivity index (χ2n) is 5.63. The van der Waals surface area contributed by atoms with E-state index in [0.29, 0.717) is 16.6 Å². The van der Waals surface area contributed by atoms with Crippen LogP contribution in [0.25, 0.3) is 22.6 Å². The molecular formula is C17H20N6S2. The summed E-state index contributed by atoms with van der Waals surface area (Å²) in [5.74, 6) is 0.654. The Balaban J connectivity index is 1.73. The van der Waals surface area contributed by atoms with Crippen LogP contribution in [0.1, 0.15) is 31.2 Å². The van der Waals surface area contributed by atoms with E-state index in [-0.39, 0.29) is 0 Å². The number of rotatable bonds is 6. The Bertz CT molecular complexity index is 876. The largest absolute Gasteiger partial charge is 0.362 e. The molecule has 3 aromatic heterocycles. The van der Waals surface area contributed by atoms with Crippen molar-refractivity contribution in [2.75, 3.05) is 11.9 Å². The first-order valence-corrected chi connectivity index (χ1v) is 9.55. The van der Waals surface area contributed by atoms with Crippen LogP contribution in [0, 0.1) is 6.92 Å². The second-order valence-corrected chi connectivity index (χ2v) is 7.10. The van der Waals surface area contributed by atoms with Crippen molar-refractivity contribution in [3.05, 3.63) is 28.7 Å². The van der Waals surface area contributed by atoms with Gasteiger partial charge in [-0.25, -0.2) is 15.0 Å². The first-order valence-electron chi connectivity index (χ1n) is 8.27. The number of pyridine rings is 1. The lowest BCUT2D eigenvalue weighted by atomic mass is 10.2. The summed E-state index contributed by atoms with van der Waals surface area (Å²) in [6, 6.07) is 3.73. The highest BCUT2D eigenvalue weighted by molar-refractivity contribution is 7.80. The quantitative estimate of drug-likeness (QED) is 0.501. The first-order chi connectivity index (χ1) is 12.2. The summed E-state index contributed by atoms with van der Waals surface area (Å²) < 4.78 is 0. The third kappa shape index (κ3) is 4.67. The Hall–Kier alpha value is -2.19. The molecule has 2 N–H and O–H groups in total. The summed E-state index contributed by atoms with van der Waals surface area (Å²) >= 11 is 6.90. The van der Waals surface area contributed by atoms with Crippen LogP contribution in [0.4, 0.5) is 5.82 Å². The molecular weight excluding hydrogens is 352 g/mol. The summed E-state index contributed by atoms with van der Waals surface area (Å²) in [5, 5.41) is 9.84. The van der Waals surface area contributed by atoms with E-state index < -0.39 is 0 Å². The number of aryl methyl sites for hydroxylation is 1. The van der Waals surface area contributed by atoms with Gasteiger partial charge in [-0.15, -0.1) is 11.3 Å². The number of thiocarbonyl (C=S) groups is 1. The van der Waals surface area contributed by atoms with E-state index in [2.05, 4.69) is 37.5 Å². The van der Waals surface area contributed by atoms with Gasteiger partial charge in [-0.2, -0.15) is 0 Å². The van der Waals surface area contributed by atoms with Gasteiger partial charge >= 0.3 is 0 Å². The molecule has 0 fully saturated rings. The molecule has 0 saturated heterocycles. The molecule has 0 atom stereocenters. The smallest absolute Gasteiger partial charge is 0.180 e. The van der Waals surface area contributed by atoms with Crippen molar-refractivity contribution in [2.24, 2.45) is 0 Å². The average molecular weight is 373 g/mol. The fourth-order valence-electron chi connectivity index (χ4n) is 2.31. The van der Waals surface area contributed by atoms with Crippen molar-refractivity contribution in [3.8, 4) is 11.4 Å². The van der Waals surface area contributed by atoms with Crippen LogP contribution in [0.5, 0.6) is 0 Å². The number of unbranched alkanes of at least 4 members (excludes halogenated alkanes) is 2. The Kier molecular flexibility index (Phi) is 5.83. The van der Waals surface area contributed by atoms with Gasteiger partial charge < -0.3 is 10.6 Å². The van der Waals surface area contributed by atoms with E-state index in [1.807, 2.05) is 24.4 Å². The zero-order chi connectivity index (χ0) is 17.6. The number of fused-ring (bicyclic) bond motifs is 1. The normalized spacial score (nSPS) is 10.8. The molecule has 130 valence electrons. The van der Waals surface area contributed by atoms with Gasteiger partial charge in [-0.05, 0) is 37.7 Å². The van der Waals surface area contributed by atoms with Crippen molar-refractivity contribution in [2.45, 2.75) is 33.1 Å². The molecule has 3 rings (SSSR count). The molecule has 0 aromatic carbocycles. The van der Waals surface area contributed by atoms with Gasteiger partial charge in [0.1, 0.15) is 22.7 Å². The van der Waals surface area contributed by atoms with Gasteiger partial charge in [0.05, 0.1) is 11.2 Å². The highest BCUT2D eigenvalue weighted by Gasteiger charge is 2.08. The Labute approximate surface area is 156 Å². The van der Waals surface area contributed by atoms with E-state index in [1.54, 1.807) is 17.5 Å². The first kappa shape index (κ1) is 17.6. The van der Waals surface area contributed by atoms with Crippen molar-refractivity contribution >= 4 is 45.6 Å². The van der Waals surface area contributed by atoms with Crippen LogP contribution in [-0.4, -0.2) is 31.6 Å². The second kappa shape index (κ2) is 8.26. The SMILES string of the molecule is CCCCCNC(=S)Nc1ccc2ncc(-c3csc(C)n3)nc2n1. The minimum atomic E-state index is 0.571. The molecule has 0 unspecified atom stereocenters. The van der Waals surface area contributed by atoms with Gasteiger partial charge in [0, 0.05) is 11.9 Å². The van der Waals surface area contributed by atoms with Gasteiger partial charge in [0.25, 0.3) is 0 Å². The van der Waals surface area contributed by atoms with Crippen LogP contribution in [-0.2, 0) is 0 Å². The standard InChI is InChI=1S/C17H20N6S2/c1-3-4-5-8-18-17(24)23-15-7-6-12-16(22-15)21-13(9-19-12)14-10-25-11(2)20-14/h6-7,9-10H,3-5,8H2,1-2H3,(H2,18,21,22,23,24). The molecule has 0 aliphatic carbocycles. The van der Waals surface area contributed by atoms with E-state index in [9.17, 15) is 0 Å². The minimum absolute atomic E-state index is 0.571. The zero-order valence-corrected chi connectivity index (χ0v) is 15.9. The van der Waals surface area contributed by atoms with Gasteiger partial charge in [0.2, 0.25) is 0 Å². The molecule has 3 aromatic rings. The predicted octanol–water partition coefficient (Wildman–Crippen LogP) is 3.93. The summed E-state index contributed by atoms with van der Waals surface area (Å²) in [6.07, 6.45) is 5.21. The molecule has 8 heteroatoms. The lowest BCUT2D eigenvalue weighted by Crippen LogP contribution is -2.29. The van der Waals surface area contributed by atoms with Gasteiger partial charge in [-0.3, -0.25) is 4.98 Å². The lowest BCUT2D eigenvalue weighted by molar-refractivity contribution is 0.697. The highest BCUT2D eigenvalue weighted by Crippen LogP contribution is 2.21. The highest BCUT2D eigenvalue weighted by atomic mass is 32.1. The molecule has 0 aliphatic heterocycles. The van der Waals surface area contributed by atoms with E-state index in [4.69, 9.17) is 12.2 Å². The average Bonchev–Trinajstić information content (AvgIpc) is 3.04. The van der Waals surface area contributed by atoms with Crippen LogP contribution >= 0.6 is 23.6 Å². The third-order valence-electron chi connectivity index (χ3n) is 3.60. The molecule has 0 bridgehead atoms. The molecule has 25 heavy (non-hydrogen) atoms. The summed E-state index contributed by atoms with van der Waals surface area (Å²) in [4.78, 5) is 18.0. The van der Waals surface area contributed by atoms with Crippen molar-refractivity contribution in [1.29, 1.82) is 0 Å². The summed E-state index contributed by atoms with van der Waals surface area (Å²) in [6.45, 7) is 5.01. The molecule has 0 aliphatic rings. The van der Waals surface area contributed by atoms with Crippen molar-refractivity contribution in [3.63, 3.8) is 0 Å². The predicted molar refractivity (Wildman–Crippen MR) is 107 cm³/mol. The van der Waals surface area contributed by atoms with Gasteiger partial charge in [-0.1, -0.05) is 19.8 Å². The number of anilines is 1. The Morgan fingerprint density at radius 3 is 2.80 bits per heavy atom. The summed E-state index contributed by atoms with van der Waals surface area (Å²) in [7, 11) is 0. The van der Waals surface area contributed by atoms with Gasteiger partial charge in [0.15, 0.2) is 10.8 Å². The topological polar surface area (TPSA) is 75.6 Å². The van der Waals surface area contributed by atoms with Crippen LogP contribution in [0.3, 0.4) is 0 Å². The fraction of sp³-hybridized carbons (Fsp3) is 0.353. The van der Waals surface area contributed by atoms with Crippen LogP contribution < -0.4 is 10.6 Å². The fourth-order valence-corrected chi connectivity index (χ4v) is 3.12. The van der Waals surface area contributed by atoms with Crippen LogP contribution in [0.15, 0.2) is 23.7 Å². The Morgan fingerprint density at radius 2 is 2.04 bits per heavy atom. The molecule has 0 spiro atoms. The molecule has 0 saturated carbocycles. The number of thiazole rings is 1. The number of nitrogens with one attached hydrogen (secondary N) is 2. The minimum Gasteiger partial charge on any atom is -0.362 e.